The summed E-state index contributed by atoms with van der Waals surface area (Å²) in [4.78, 5) is 4.93. The Labute approximate surface area is 275 Å². The Morgan fingerprint density at radius 2 is 1.02 bits per heavy atom. The van der Waals surface area contributed by atoms with E-state index in [0.717, 1.165) is 66.3 Å². The van der Waals surface area contributed by atoms with Crippen LogP contribution in [0.5, 0.6) is 0 Å². The van der Waals surface area contributed by atoms with Gasteiger partial charge in [-0.25, -0.2) is 18.5 Å². The number of aliphatic imine (C=N–C) groups is 1. The van der Waals surface area contributed by atoms with Crippen molar-refractivity contribution in [3.05, 3.63) is 167 Å². The molecule has 2 N–H and O–H groups in total. The predicted molar refractivity (Wildman–Crippen MR) is 190 cm³/mol. The monoisotopic (exact) mass is 668 g/mol. The van der Waals surface area contributed by atoms with Gasteiger partial charge in [0, 0.05) is 39.9 Å². The third-order valence-corrected chi connectivity index (χ3v) is 7.55. The number of nitrogens with two attached hydrogens (primary N) is 1. The van der Waals surface area contributed by atoms with E-state index in [1.165, 1.54) is 0 Å². The first kappa shape index (κ1) is 30.5. The molecular weight excluding hydrogens is 636 g/mol. The van der Waals surface area contributed by atoms with Gasteiger partial charge in [-0.2, -0.15) is 15.3 Å². The van der Waals surface area contributed by atoms with Gasteiger partial charge in [0.05, 0.1) is 45.0 Å². The largest absolute Gasteiger partial charge is 0.399 e. The lowest BCUT2D eigenvalue weighted by molar-refractivity contribution is 0.933. The molecule has 0 saturated carbocycles. The number of aryl methyl sites for hydroxylation is 3. The Hall–Kier alpha value is -5.54. The van der Waals surface area contributed by atoms with Gasteiger partial charge in [0.2, 0.25) is 0 Å². The molecule has 6 aromatic heterocycles. The average Bonchev–Trinajstić information content (AvgIpc) is 3.74. The molecule has 9 heteroatoms. The number of anilines is 1. The fraction of sp³-hybridized carbons (Fsp3) is 0.0811. The van der Waals surface area contributed by atoms with Gasteiger partial charge in [-0.1, -0.05) is 76.6 Å². The minimum atomic E-state index is 0.775. The number of rotatable bonds is 3. The molecule has 2 aromatic carbocycles. The summed E-state index contributed by atoms with van der Waals surface area (Å²) in [5.74, 6) is 0. The number of halogens is 1. The van der Waals surface area contributed by atoms with Crippen LogP contribution < -0.4 is 5.73 Å². The zero-order valence-corrected chi connectivity index (χ0v) is 27.4. The highest BCUT2D eigenvalue weighted by Gasteiger charge is 2.07. The number of fused-ring (bicyclic) bond motifs is 3. The van der Waals surface area contributed by atoms with Crippen molar-refractivity contribution < 1.29 is 0 Å². The Morgan fingerprint density at radius 3 is 1.57 bits per heavy atom. The van der Waals surface area contributed by atoms with Crippen molar-refractivity contribution in [3.63, 3.8) is 0 Å². The van der Waals surface area contributed by atoms with Crippen molar-refractivity contribution in [1.82, 2.24) is 28.8 Å². The number of nitrogen functional groups attached to an aromatic ring is 1. The van der Waals surface area contributed by atoms with Crippen molar-refractivity contribution in [2.75, 3.05) is 5.73 Å². The number of aromatic nitrogens is 6. The molecule has 0 unspecified atom stereocenters. The summed E-state index contributed by atoms with van der Waals surface area (Å²) in [6.07, 6.45) is 5.75. The molecule has 0 spiro atoms. The minimum absolute atomic E-state index is 0.775. The molecule has 228 valence electrons. The number of benzene rings is 2. The highest BCUT2D eigenvalue weighted by atomic mass is 79.9. The van der Waals surface area contributed by atoms with Crippen LogP contribution in [-0.2, 0) is 0 Å². The van der Waals surface area contributed by atoms with E-state index in [-0.39, 0.29) is 0 Å². The fourth-order valence-corrected chi connectivity index (χ4v) is 5.38. The standard InChI is InChI=1S/C21H17N3.C8H7BrN2.C8H9N3/c1-16-14-20-15-19(12-13-24(20)23-16)22-21(17-8-4-2-5-9-17)18-10-6-3-7-11-18;2*1-6-4-8-5-7(9)2-3-11(8)10-6/h2-15H,1H3;2-5H,1H3;2-5H,9H2,1H3. The summed E-state index contributed by atoms with van der Waals surface area (Å²) in [6, 6.07) is 38.5. The maximum Gasteiger partial charge on any atom is 0.0781 e. The Bertz CT molecular complexity index is 2140. The fourth-order valence-electron chi connectivity index (χ4n) is 5.03. The van der Waals surface area contributed by atoms with Crippen molar-refractivity contribution in [2.24, 2.45) is 4.99 Å². The van der Waals surface area contributed by atoms with E-state index in [9.17, 15) is 0 Å². The maximum absolute atomic E-state index is 5.59. The topological polar surface area (TPSA) is 90.3 Å². The van der Waals surface area contributed by atoms with Gasteiger partial charge in [-0.15, -0.1) is 0 Å². The molecule has 0 atom stereocenters. The van der Waals surface area contributed by atoms with E-state index < -0.39 is 0 Å². The summed E-state index contributed by atoms with van der Waals surface area (Å²) >= 11 is 3.40. The molecule has 46 heavy (non-hydrogen) atoms. The van der Waals surface area contributed by atoms with Gasteiger partial charge in [0.15, 0.2) is 0 Å². The first-order valence-corrected chi connectivity index (χ1v) is 15.6. The van der Waals surface area contributed by atoms with Gasteiger partial charge >= 0.3 is 0 Å². The predicted octanol–water partition coefficient (Wildman–Crippen LogP) is 8.44. The van der Waals surface area contributed by atoms with Gasteiger partial charge in [-0.05, 0) is 75.4 Å². The van der Waals surface area contributed by atoms with E-state index in [4.69, 9.17) is 10.7 Å². The first-order valence-electron chi connectivity index (χ1n) is 14.8. The molecule has 0 radical (unpaired) electrons. The molecule has 8 nitrogen and oxygen atoms in total. The quantitative estimate of drug-likeness (QED) is 0.191. The van der Waals surface area contributed by atoms with Gasteiger partial charge in [0.1, 0.15) is 0 Å². The van der Waals surface area contributed by atoms with Crippen molar-refractivity contribution in [3.8, 4) is 0 Å². The molecule has 0 bridgehead atoms. The third-order valence-electron chi connectivity index (χ3n) is 7.06. The second kappa shape index (κ2) is 13.6. The molecule has 6 heterocycles. The molecular formula is C37H33BrN8. The molecule has 8 aromatic rings. The molecule has 0 aliphatic heterocycles. The summed E-state index contributed by atoms with van der Waals surface area (Å²) in [6.45, 7) is 5.94. The second-order valence-corrected chi connectivity index (χ2v) is 11.8. The van der Waals surface area contributed by atoms with Crippen LogP contribution in [0, 0.1) is 20.8 Å². The number of nitrogens with zero attached hydrogens (tertiary/aromatic N) is 7. The highest BCUT2D eigenvalue weighted by molar-refractivity contribution is 9.10. The third kappa shape index (κ3) is 7.39. The van der Waals surface area contributed by atoms with Crippen LogP contribution in [0.3, 0.4) is 0 Å². The molecule has 0 amide bonds. The zero-order chi connectivity index (χ0) is 32.0. The summed E-state index contributed by atoms with van der Waals surface area (Å²) in [5.41, 5.74) is 16.7. The van der Waals surface area contributed by atoms with E-state index in [1.807, 2.05) is 132 Å². The summed E-state index contributed by atoms with van der Waals surface area (Å²) < 4.78 is 6.63. The number of pyridine rings is 3. The van der Waals surface area contributed by atoms with Gasteiger partial charge < -0.3 is 5.73 Å². The van der Waals surface area contributed by atoms with Gasteiger partial charge in [0.25, 0.3) is 0 Å². The lowest BCUT2D eigenvalue weighted by Crippen LogP contribution is -2.02. The SMILES string of the molecule is Cc1cc2cc(Br)ccn2n1.Cc1cc2cc(N)ccn2n1.Cc1cc2cc(N=C(c3ccccc3)c3ccccc3)ccn2n1. The van der Waals surface area contributed by atoms with Crippen molar-refractivity contribution in [2.45, 2.75) is 20.8 Å². The Kier molecular flexibility index (Phi) is 9.03. The van der Waals surface area contributed by atoms with E-state index in [1.54, 1.807) is 0 Å². The summed E-state index contributed by atoms with van der Waals surface area (Å²) in [7, 11) is 0. The second-order valence-electron chi connectivity index (χ2n) is 10.8. The summed E-state index contributed by atoms with van der Waals surface area (Å²) in [5, 5.41) is 12.9. The molecule has 0 aliphatic rings. The van der Waals surface area contributed by atoms with Crippen LogP contribution in [0.4, 0.5) is 11.4 Å². The van der Waals surface area contributed by atoms with Crippen LogP contribution in [0.2, 0.25) is 0 Å². The van der Waals surface area contributed by atoms with Crippen LogP contribution in [0.25, 0.3) is 16.6 Å². The smallest absolute Gasteiger partial charge is 0.0781 e. The number of hydrogen-bond donors (Lipinski definition) is 1. The normalized spacial score (nSPS) is 10.7. The lowest BCUT2D eigenvalue weighted by Gasteiger charge is -2.08. The highest BCUT2D eigenvalue weighted by Crippen LogP contribution is 2.21. The van der Waals surface area contributed by atoms with Crippen LogP contribution in [0.1, 0.15) is 28.2 Å². The molecule has 0 saturated heterocycles. The van der Waals surface area contributed by atoms with Crippen LogP contribution in [0.15, 0.2) is 143 Å². The zero-order valence-electron chi connectivity index (χ0n) is 25.8. The average molecular weight is 670 g/mol. The number of hydrogen-bond acceptors (Lipinski definition) is 5. The lowest BCUT2D eigenvalue weighted by atomic mass is 10.0. The van der Waals surface area contributed by atoms with Crippen molar-refractivity contribution in [1.29, 1.82) is 0 Å². The minimum Gasteiger partial charge on any atom is -0.399 e. The van der Waals surface area contributed by atoms with Crippen molar-refractivity contribution >= 4 is 49.6 Å². The van der Waals surface area contributed by atoms with Crippen LogP contribution >= 0.6 is 15.9 Å². The van der Waals surface area contributed by atoms with E-state index in [2.05, 4.69) is 67.6 Å². The Balaban J connectivity index is 0.000000139. The molecule has 0 aliphatic carbocycles. The molecule has 8 rings (SSSR count). The maximum atomic E-state index is 5.59. The molecule has 0 fully saturated rings. The Morgan fingerprint density at radius 1 is 0.565 bits per heavy atom. The van der Waals surface area contributed by atoms with Gasteiger partial charge in [-0.3, -0.25) is 0 Å². The first-order chi connectivity index (χ1) is 22.3. The van der Waals surface area contributed by atoms with Crippen LogP contribution in [-0.4, -0.2) is 34.6 Å². The van der Waals surface area contributed by atoms with E-state index >= 15 is 0 Å². The van der Waals surface area contributed by atoms with E-state index in [0.29, 0.717) is 0 Å².